The van der Waals surface area contributed by atoms with Crippen molar-refractivity contribution in [3.8, 4) is 5.75 Å². The molecule has 1 heterocycles. The second kappa shape index (κ2) is 6.97. The number of anilines is 1. The molecule has 20 heavy (non-hydrogen) atoms. The van der Waals surface area contributed by atoms with Gasteiger partial charge in [0.15, 0.2) is 5.96 Å². The molecule has 0 saturated heterocycles. The number of nitrogens with two attached hydrogens (primary N) is 1. The predicted octanol–water partition coefficient (Wildman–Crippen LogP) is 4.10. The van der Waals surface area contributed by atoms with Gasteiger partial charge in [-0.15, -0.1) is 11.3 Å². The number of thiophene rings is 1. The van der Waals surface area contributed by atoms with Crippen LogP contribution >= 0.6 is 38.9 Å². The number of rotatable bonds is 4. The lowest BCUT2D eigenvalue weighted by molar-refractivity contribution is 0.415. The van der Waals surface area contributed by atoms with Gasteiger partial charge in [-0.2, -0.15) is 0 Å². The number of halogens is 2. The van der Waals surface area contributed by atoms with Gasteiger partial charge in [0, 0.05) is 10.6 Å². The number of hydrogen-bond acceptors (Lipinski definition) is 3. The fourth-order valence-corrected chi connectivity index (χ4v) is 3.20. The number of ether oxygens (including phenoxy) is 1. The van der Waals surface area contributed by atoms with Crippen molar-refractivity contribution in [2.24, 2.45) is 10.7 Å². The Kier molecular flexibility index (Phi) is 5.28. The molecule has 2 rings (SSSR count). The van der Waals surface area contributed by atoms with E-state index < -0.39 is 0 Å². The van der Waals surface area contributed by atoms with Crippen LogP contribution in [0.5, 0.6) is 5.75 Å². The van der Waals surface area contributed by atoms with Crippen LogP contribution in [-0.4, -0.2) is 13.1 Å². The van der Waals surface area contributed by atoms with Crippen LogP contribution in [0.1, 0.15) is 4.88 Å². The number of benzene rings is 1. The lowest BCUT2D eigenvalue weighted by atomic mass is 10.3. The Morgan fingerprint density at radius 2 is 2.25 bits per heavy atom. The van der Waals surface area contributed by atoms with Crippen molar-refractivity contribution in [2.75, 3.05) is 12.4 Å². The van der Waals surface area contributed by atoms with Crippen LogP contribution in [0.2, 0.25) is 5.02 Å². The summed E-state index contributed by atoms with van der Waals surface area (Å²) in [5.74, 6) is 0.965. The van der Waals surface area contributed by atoms with E-state index in [0.717, 1.165) is 14.4 Å². The first-order valence-electron chi connectivity index (χ1n) is 5.73. The Morgan fingerprint density at radius 1 is 1.45 bits per heavy atom. The summed E-state index contributed by atoms with van der Waals surface area (Å²) in [6, 6.07) is 9.34. The zero-order valence-corrected chi connectivity index (χ0v) is 13.8. The number of guanidine groups is 1. The van der Waals surface area contributed by atoms with Gasteiger partial charge in [-0.1, -0.05) is 11.6 Å². The first-order chi connectivity index (χ1) is 9.58. The highest BCUT2D eigenvalue weighted by Gasteiger charge is 2.03. The van der Waals surface area contributed by atoms with Gasteiger partial charge in [-0.25, -0.2) is 4.99 Å². The van der Waals surface area contributed by atoms with Gasteiger partial charge in [-0.05, 0) is 46.3 Å². The van der Waals surface area contributed by atoms with E-state index >= 15 is 0 Å². The molecule has 0 aliphatic rings. The largest absolute Gasteiger partial charge is 0.495 e. The number of hydrogen-bond donors (Lipinski definition) is 2. The molecule has 0 spiro atoms. The Morgan fingerprint density at radius 3 is 2.85 bits per heavy atom. The normalized spacial score (nSPS) is 11.4. The summed E-state index contributed by atoms with van der Waals surface area (Å²) in [5, 5.41) is 3.51. The third-order valence-electron chi connectivity index (χ3n) is 2.46. The van der Waals surface area contributed by atoms with Crippen LogP contribution in [0, 0.1) is 0 Å². The van der Waals surface area contributed by atoms with Crippen LogP contribution in [0.4, 0.5) is 5.69 Å². The summed E-state index contributed by atoms with van der Waals surface area (Å²) >= 11 is 11.1. The molecule has 0 radical (unpaired) electrons. The summed E-state index contributed by atoms with van der Waals surface area (Å²) in [5.41, 5.74) is 6.61. The number of nitrogens with zero attached hydrogens (tertiary/aromatic N) is 1. The molecule has 0 bridgehead atoms. The van der Waals surface area contributed by atoms with E-state index in [1.54, 1.807) is 30.6 Å². The van der Waals surface area contributed by atoms with Gasteiger partial charge in [0.05, 0.1) is 22.5 Å². The van der Waals surface area contributed by atoms with Crippen molar-refractivity contribution < 1.29 is 4.74 Å². The maximum Gasteiger partial charge on any atom is 0.193 e. The van der Waals surface area contributed by atoms with Crippen molar-refractivity contribution >= 4 is 50.5 Å². The molecule has 3 N–H and O–H groups in total. The summed E-state index contributed by atoms with van der Waals surface area (Å²) in [4.78, 5) is 5.41. The van der Waals surface area contributed by atoms with Crippen molar-refractivity contribution in [1.29, 1.82) is 0 Å². The SMILES string of the molecule is COc1ccc(NC(N)=NCc2ccc(Br)s2)cc1Cl. The Hall–Kier alpha value is -1.24. The fraction of sp³-hybridized carbons (Fsp3) is 0.154. The number of nitrogens with one attached hydrogen (secondary N) is 1. The zero-order chi connectivity index (χ0) is 14.5. The molecule has 2 aromatic rings. The molecule has 4 nitrogen and oxygen atoms in total. The van der Waals surface area contributed by atoms with Crippen molar-refractivity contribution in [2.45, 2.75) is 6.54 Å². The molecule has 7 heteroatoms. The second-order valence-corrected chi connectivity index (χ2v) is 6.84. The third kappa shape index (κ3) is 4.13. The molecule has 1 aromatic carbocycles. The maximum atomic E-state index is 6.04. The first-order valence-corrected chi connectivity index (χ1v) is 7.72. The van der Waals surface area contributed by atoms with Crippen molar-refractivity contribution in [1.82, 2.24) is 0 Å². The van der Waals surface area contributed by atoms with Crippen molar-refractivity contribution in [3.05, 3.63) is 44.0 Å². The van der Waals surface area contributed by atoms with E-state index in [4.69, 9.17) is 22.1 Å². The number of methoxy groups -OCH3 is 1. The lowest BCUT2D eigenvalue weighted by Crippen LogP contribution is -2.22. The minimum atomic E-state index is 0.343. The predicted molar refractivity (Wildman–Crippen MR) is 89.0 cm³/mol. The molecule has 0 saturated carbocycles. The van der Waals surface area contributed by atoms with E-state index in [-0.39, 0.29) is 0 Å². The third-order valence-corrected chi connectivity index (χ3v) is 4.36. The zero-order valence-electron chi connectivity index (χ0n) is 10.7. The highest BCUT2D eigenvalue weighted by molar-refractivity contribution is 9.11. The number of aliphatic imine (C=N–C) groups is 1. The van der Waals surface area contributed by atoms with Crippen LogP contribution in [0.25, 0.3) is 0 Å². The van der Waals surface area contributed by atoms with Gasteiger partial charge in [0.1, 0.15) is 5.75 Å². The smallest absolute Gasteiger partial charge is 0.193 e. The van der Waals surface area contributed by atoms with Crippen molar-refractivity contribution in [3.63, 3.8) is 0 Å². The minimum absolute atomic E-state index is 0.343. The Balaban J connectivity index is 2.00. The van der Waals surface area contributed by atoms with E-state index in [1.165, 1.54) is 0 Å². The van der Waals surface area contributed by atoms with Crippen LogP contribution in [-0.2, 0) is 6.54 Å². The van der Waals surface area contributed by atoms with Crippen LogP contribution < -0.4 is 15.8 Å². The molecular formula is C13H13BrClN3OS. The lowest BCUT2D eigenvalue weighted by Gasteiger charge is -2.08. The fourth-order valence-electron chi connectivity index (χ4n) is 1.53. The molecule has 0 atom stereocenters. The van der Waals surface area contributed by atoms with E-state index in [9.17, 15) is 0 Å². The summed E-state index contributed by atoms with van der Waals surface area (Å²) in [7, 11) is 1.57. The molecule has 106 valence electrons. The van der Waals surface area contributed by atoms with E-state index in [0.29, 0.717) is 23.3 Å². The van der Waals surface area contributed by atoms with Crippen LogP contribution in [0.15, 0.2) is 39.1 Å². The van der Waals surface area contributed by atoms with Crippen LogP contribution in [0.3, 0.4) is 0 Å². The Labute approximate surface area is 134 Å². The standard InChI is InChI=1S/C13H13BrClN3OS/c1-19-11-4-2-8(6-10(11)15)18-13(16)17-7-9-3-5-12(14)20-9/h2-6H,7H2,1H3,(H3,16,17,18). The molecular weight excluding hydrogens is 362 g/mol. The van der Waals surface area contributed by atoms with E-state index in [1.807, 2.05) is 18.2 Å². The first kappa shape index (κ1) is 15.2. The summed E-state index contributed by atoms with van der Waals surface area (Å²) in [6.45, 7) is 0.541. The maximum absolute atomic E-state index is 6.04. The molecule has 1 aromatic heterocycles. The average molecular weight is 375 g/mol. The average Bonchev–Trinajstić information content (AvgIpc) is 2.82. The quantitative estimate of drug-likeness (QED) is 0.625. The molecule has 0 aliphatic heterocycles. The van der Waals surface area contributed by atoms with Gasteiger partial charge in [0.25, 0.3) is 0 Å². The van der Waals surface area contributed by atoms with E-state index in [2.05, 4.69) is 26.2 Å². The Bertz CT molecular complexity index is 630. The topological polar surface area (TPSA) is 59.6 Å². The molecule has 0 fully saturated rings. The highest BCUT2D eigenvalue weighted by Crippen LogP contribution is 2.27. The van der Waals surface area contributed by atoms with Gasteiger partial charge >= 0.3 is 0 Å². The molecule has 0 unspecified atom stereocenters. The summed E-state index contributed by atoms with van der Waals surface area (Å²) in [6.07, 6.45) is 0. The summed E-state index contributed by atoms with van der Waals surface area (Å²) < 4.78 is 6.17. The minimum Gasteiger partial charge on any atom is -0.495 e. The second-order valence-electron chi connectivity index (χ2n) is 3.88. The molecule has 0 aliphatic carbocycles. The molecule has 0 amide bonds. The monoisotopic (exact) mass is 373 g/mol. The van der Waals surface area contributed by atoms with Gasteiger partial charge in [-0.3, -0.25) is 0 Å². The van der Waals surface area contributed by atoms with Gasteiger partial charge < -0.3 is 15.8 Å². The van der Waals surface area contributed by atoms with Gasteiger partial charge in [0.2, 0.25) is 0 Å². The highest BCUT2D eigenvalue weighted by atomic mass is 79.9.